The number of benzene rings is 1. The van der Waals surface area contributed by atoms with Gasteiger partial charge in [0.15, 0.2) is 6.61 Å². The maximum absolute atomic E-state index is 12.4. The third-order valence-electron chi connectivity index (χ3n) is 4.17. The number of halogens is 2. The monoisotopic (exact) mass is 357 g/mol. The fraction of sp³-hybridized carbons (Fsp3) is 0.529. The molecule has 1 aliphatic carbocycles. The van der Waals surface area contributed by atoms with Crippen LogP contribution >= 0.6 is 23.2 Å². The van der Waals surface area contributed by atoms with Crippen molar-refractivity contribution in [2.24, 2.45) is 5.41 Å². The highest BCUT2D eigenvalue weighted by Gasteiger charge is 2.69. The standard InChI is InChI=1S/C17H21Cl2NO3/c1-12(2)20(9-13-7-5-4-6-8-13)14(21)10-23-15(22)16(3)11-17(16,18)19/h4-8,12H,9-11H2,1-3H3. The molecule has 1 atom stereocenters. The normalized spacial score (nSPS) is 21.8. The lowest BCUT2D eigenvalue weighted by molar-refractivity contribution is -0.157. The molecule has 0 radical (unpaired) electrons. The van der Waals surface area contributed by atoms with Crippen LogP contribution in [-0.2, 0) is 20.9 Å². The van der Waals surface area contributed by atoms with Gasteiger partial charge in [0, 0.05) is 19.0 Å². The van der Waals surface area contributed by atoms with Crippen molar-refractivity contribution in [2.45, 2.75) is 44.1 Å². The second kappa shape index (κ2) is 6.70. The van der Waals surface area contributed by atoms with Crippen molar-refractivity contribution in [1.82, 2.24) is 4.90 Å². The first-order chi connectivity index (χ1) is 10.7. The molecule has 0 saturated heterocycles. The third-order valence-corrected chi connectivity index (χ3v) is 5.28. The molecule has 1 fully saturated rings. The van der Waals surface area contributed by atoms with Crippen LogP contribution in [-0.4, -0.2) is 33.8 Å². The number of nitrogens with zero attached hydrogens (tertiary/aromatic N) is 1. The lowest BCUT2D eigenvalue weighted by atomic mass is 10.1. The third kappa shape index (κ3) is 3.99. The van der Waals surface area contributed by atoms with Crippen LogP contribution in [0.4, 0.5) is 0 Å². The van der Waals surface area contributed by atoms with E-state index in [4.69, 9.17) is 27.9 Å². The molecule has 23 heavy (non-hydrogen) atoms. The Kier molecular flexibility index (Phi) is 5.27. The van der Waals surface area contributed by atoms with E-state index in [2.05, 4.69) is 0 Å². The van der Waals surface area contributed by atoms with Crippen LogP contribution in [0.5, 0.6) is 0 Å². The predicted molar refractivity (Wildman–Crippen MR) is 90.2 cm³/mol. The van der Waals surface area contributed by atoms with Crippen LogP contribution in [0.1, 0.15) is 32.8 Å². The van der Waals surface area contributed by atoms with Gasteiger partial charge in [-0.1, -0.05) is 30.3 Å². The predicted octanol–water partition coefficient (Wildman–Crippen LogP) is 3.55. The summed E-state index contributed by atoms with van der Waals surface area (Å²) in [5.41, 5.74) is 0.105. The molecule has 1 aromatic carbocycles. The number of hydrogen-bond donors (Lipinski definition) is 0. The van der Waals surface area contributed by atoms with Crippen LogP contribution < -0.4 is 0 Å². The summed E-state index contributed by atoms with van der Waals surface area (Å²) in [6.07, 6.45) is 0.341. The molecule has 2 rings (SSSR count). The van der Waals surface area contributed by atoms with Crippen molar-refractivity contribution in [3.8, 4) is 0 Å². The fourth-order valence-corrected chi connectivity index (χ4v) is 3.02. The molecule has 4 nitrogen and oxygen atoms in total. The van der Waals surface area contributed by atoms with Gasteiger partial charge in [0.25, 0.3) is 5.91 Å². The van der Waals surface area contributed by atoms with Crippen molar-refractivity contribution < 1.29 is 14.3 Å². The Balaban J connectivity index is 1.93. The number of esters is 1. The Hall–Kier alpha value is -1.26. The fourth-order valence-electron chi connectivity index (χ4n) is 2.33. The van der Waals surface area contributed by atoms with Gasteiger partial charge in [-0.2, -0.15) is 0 Å². The molecule has 6 heteroatoms. The number of rotatable bonds is 6. The summed E-state index contributed by atoms with van der Waals surface area (Å²) in [5.74, 6) is -0.768. The van der Waals surface area contributed by atoms with E-state index < -0.39 is 15.7 Å². The zero-order valence-electron chi connectivity index (χ0n) is 13.5. The molecule has 1 aromatic rings. The van der Waals surface area contributed by atoms with Gasteiger partial charge in [0.2, 0.25) is 0 Å². The molecule has 126 valence electrons. The smallest absolute Gasteiger partial charge is 0.315 e. The van der Waals surface area contributed by atoms with E-state index in [1.807, 2.05) is 44.2 Å². The average molecular weight is 358 g/mol. The van der Waals surface area contributed by atoms with Crippen LogP contribution in [0.3, 0.4) is 0 Å². The van der Waals surface area contributed by atoms with Gasteiger partial charge in [-0.05, 0) is 26.3 Å². The Morgan fingerprint density at radius 1 is 1.26 bits per heavy atom. The van der Waals surface area contributed by atoms with Crippen LogP contribution in [0.15, 0.2) is 30.3 Å². The molecule has 0 aromatic heterocycles. The van der Waals surface area contributed by atoms with Crippen LogP contribution in [0.2, 0.25) is 0 Å². The Bertz CT molecular complexity index is 589. The minimum atomic E-state index is -1.09. The summed E-state index contributed by atoms with van der Waals surface area (Å²) >= 11 is 11.9. The molecule has 1 saturated carbocycles. The van der Waals surface area contributed by atoms with E-state index in [1.165, 1.54) is 0 Å². The molecular formula is C17H21Cl2NO3. The minimum absolute atomic E-state index is 0.00179. The Morgan fingerprint density at radius 2 is 1.83 bits per heavy atom. The SMILES string of the molecule is CC(C)N(Cc1ccccc1)C(=O)COC(=O)C1(C)CC1(Cl)Cl. The van der Waals surface area contributed by atoms with E-state index in [1.54, 1.807) is 11.8 Å². The van der Waals surface area contributed by atoms with Gasteiger partial charge in [0.1, 0.15) is 9.75 Å². The summed E-state index contributed by atoms with van der Waals surface area (Å²) < 4.78 is 4.05. The van der Waals surface area contributed by atoms with E-state index in [9.17, 15) is 9.59 Å². The lowest BCUT2D eigenvalue weighted by Gasteiger charge is -2.27. The molecule has 1 aliphatic rings. The summed E-state index contributed by atoms with van der Waals surface area (Å²) in [7, 11) is 0. The van der Waals surface area contributed by atoms with E-state index in [0.29, 0.717) is 13.0 Å². The zero-order chi connectivity index (χ0) is 17.3. The van der Waals surface area contributed by atoms with E-state index in [0.717, 1.165) is 5.56 Å². The maximum Gasteiger partial charge on any atom is 0.315 e. The Morgan fingerprint density at radius 3 is 2.30 bits per heavy atom. The first kappa shape index (κ1) is 18.1. The molecular weight excluding hydrogens is 337 g/mol. The van der Waals surface area contributed by atoms with Gasteiger partial charge in [-0.3, -0.25) is 9.59 Å². The second-order valence-corrected chi connectivity index (χ2v) is 7.87. The largest absolute Gasteiger partial charge is 0.455 e. The van der Waals surface area contributed by atoms with Gasteiger partial charge < -0.3 is 9.64 Å². The number of hydrogen-bond acceptors (Lipinski definition) is 3. The number of carbonyl (C=O) groups excluding carboxylic acids is 2. The van der Waals surface area contributed by atoms with Gasteiger partial charge in [0.05, 0.1) is 0 Å². The van der Waals surface area contributed by atoms with Crippen LogP contribution in [0.25, 0.3) is 0 Å². The van der Waals surface area contributed by atoms with Crippen molar-refractivity contribution in [2.75, 3.05) is 6.61 Å². The number of carbonyl (C=O) groups is 2. The second-order valence-electron chi connectivity index (χ2n) is 6.39. The first-order valence-corrected chi connectivity index (χ1v) is 8.31. The topological polar surface area (TPSA) is 46.6 Å². The zero-order valence-corrected chi connectivity index (χ0v) is 15.0. The minimum Gasteiger partial charge on any atom is -0.455 e. The van der Waals surface area contributed by atoms with Crippen molar-refractivity contribution in [1.29, 1.82) is 0 Å². The molecule has 0 spiro atoms. The quantitative estimate of drug-likeness (QED) is 0.577. The van der Waals surface area contributed by atoms with Gasteiger partial charge in [-0.15, -0.1) is 23.2 Å². The van der Waals surface area contributed by atoms with Gasteiger partial charge >= 0.3 is 5.97 Å². The molecule has 0 aliphatic heterocycles. The number of alkyl halides is 2. The van der Waals surface area contributed by atoms with Gasteiger partial charge in [-0.25, -0.2) is 0 Å². The molecule has 1 unspecified atom stereocenters. The maximum atomic E-state index is 12.4. The van der Waals surface area contributed by atoms with Crippen molar-refractivity contribution >= 4 is 35.1 Å². The highest BCUT2D eigenvalue weighted by molar-refractivity contribution is 6.53. The summed E-state index contributed by atoms with van der Waals surface area (Å²) in [6, 6.07) is 9.68. The molecule has 1 amide bonds. The molecule has 0 N–H and O–H groups in total. The van der Waals surface area contributed by atoms with Crippen molar-refractivity contribution in [3.05, 3.63) is 35.9 Å². The van der Waals surface area contributed by atoms with Crippen LogP contribution in [0, 0.1) is 5.41 Å². The number of amides is 1. The Labute approximate surface area is 146 Å². The number of ether oxygens (including phenoxy) is 1. The lowest BCUT2D eigenvalue weighted by Crippen LogP contribution is -2.39. The first-order valence-electron chi connectivity index (χ1n) is 7.56. The highest BCUT2D eigenvalue weighted by atomic mass is 35.5. The summed E-state index contributed by atoms with van der Waals surface area (Å²) in [5, 5.41) is 0. The van der Waals surface area contributed by atoms with Crippen molar-refractivity contribution in [3.63, 3.8) is 0 Å². The summed E-state index contributed by atoms with van der Waals surface area (Å²) in [4.78, 5) is 26.1. The molecule has 0 bridgehead atoms. The van der Waals surface area contributed by atoms with E-state index in [-0.39, 0.29) is 18.6 Å². The van der Waals surface area contributed by atoms with E-state index >= 15 is 0 Å². The average Bonchev–Trinajstić information content (AvgIpc) is 3.02. The highest BCUT2D eigenvalue weighted by Crippen LogP contribution is 2.64. The molecule has 0 heterocycles. The summed E-state index contributed by atoms with van der Waals surface area (Å²) in [6.45, 7) is 5.66.